The summed E-state index contributed by atoms with van der Waals surface area (Å²) < 4.78 is 0. The van der Waals surface area contributed by atoms with E-state index in [0.717, 1.165) is 13.0 Å². The van der Waals surface area contributed by atoms with E-state index in [0.29, 0.717) is 5.92 Å². The van der Waals surface area contributed by atoms with Crippen molar-refractivity contribution in [1.82, 2.24) is 9.80 Å². The summed E-state index contributed by atoms with van der Waals surface area (Å²) in [6.07, 6.45) is 4.73. The van der Waals surface area contributed by atoms with Gasteiger partial charge < -0.3 is 14.9 Å². The lowest BCUT2D eigenvalue weighted by Gasteiger charge is -2.25. The average Bonchev–Trinajstić information content (AvgIpc) is 2.48. The molecule has 2 fully saturated rings. The number of hydrogen-bond acceptors (Lipinski definition) is 3. The molecule has 15 heavy (non-hydrogen) atoms. The molecule has 1 aliphatic heterocycles. The maximum absolute atomic E-state index is 9.80. The van der Waals surface area contributed by atoms with E-state index in [1.165, 1.54) is 45.4 Å². The quantitative estimate of drug-likeness (QED) is 0.733. The molecule has 1 saturated heterocycles. The van der Waals surface area contributed by atoms with Gasteiger partial charge >= 0.3 is 0 Å². The van der Waals surface area contributed by atoms with Gasteiger partial charge in [-0.15, -0.1) is 0 Å². The molecule has 1 saturated carbocycles. The van der Waals surface area contributed by atoms with Crippen LogP contribution in [0.5, 0.6) is 0 Å². The fourth-order valence-corrected chi connectivity index (χ4v) is 2.84. The van der Waals surface area contributed by atoms with Gasteiger partial charge in [0.1, 0.15) is 0 Å². The first kappa shape index (κ1) is 11.4. The fraction of sp³-hybridized carbons (Fsp3) is 1.00. The van der Waals surface area contributed by atoms with Crippen LogP contribution in [0.1, 0.15) is 25.7 Å². The molecule has 0 aromatic carbocycles. The summed E-state index contributed by atoms with van der Waals surface area (Å²) in [4.78, 5) is 4.95. The molecule has 3 nitrogen and oxygen atoms in total. The molecule has 2 aliphatic rings. The summed E-state index contributed by atoms with van der Waals surface area (Å²) in [6, 6.07) is 0. The van der Waals surface area contributed by atoms with Crippen molar-refractivity contribution >= 4 is 0 Å². The molecule has 1 aliphatic carbocycles. The first-order chi connectivity index (χ1) is 7.25. The molecule has 0 spiro atoms. The van der Waals surface area contributed by atoms with Crippen molar-refractivity contribution in [2.75, 3.05) is 39.8 Å². The van der Waals surface area contributed by atoms with Crippen molar-refractivity contribution in [3.05, 3.63) is 0 Å². The number of hydrogen-bond donors (Lipinski definition) is 1. The van der Waals surface area contributed by atoms with Crippen LogP contribution >= 0.6 is 0 Å². The minimum absolute atomic E-state index is 0.0222. The number of aliphatic hydroxyl groups excluding tert-OH is 1. The number of aliphatic hydroxyl groups is 1. The average molecular weight is 212 g/mol. The van der Waals surface area contributed by atoms with Gasteiger partial charge in [0, 0.05) is 19.6 Å². The lowest BCUT2D eigenvalue weighted by atomic mass is 10.1. The molecule has 0 aromatic heterocycles. The van der Waals surface area contributed by atoms with E-state index >= 15 is 0 Å². The van der Waals surface area contributed by atoms with E-state index in [2.05, 4.69) is 16.8 Å². The highest BCUT2D eigenvalue weighted by molar-refractivity contribution is 4.80. The zero-order valence-electron chi connectivity index (χ0n) is 9.86. The Morgan fingerprint density at radius 1 is 1.07 bits per heavy atom. The zero-order valence-corrected chi connectivity index (χ0v) is 9.86. The van der Waals surface area contributed by atoms with Gasteiger partial charge in [0.25, 0.3) is 0 Å². The fourth-order valence-electron chi connectivity index (χ4n) is 2.84. The first-order valence-electron chi connectivity index (χ1n) is 6.34. The van der Waals surface area contributed by atoms with Crippen LogP contribution in [0.25, 0.3) is 0 Å². The zero-order chi connectivity index (χ0) is 10.7. The molecule has 0 amide bonds. The standard InChI is InChI=1S/C12H24N2O/c1-13-6-3-7-14(9-8-13)10-11-4-2-5-12(11)15/h11-12,15H,2-10H2,1H3. The summed E-state index contributed by atoms with van der Waals surface area (Å²) in [5.74, 6) is 0.549. The van der Waals surface area contributed by atoms with Crippen LogP contribution in [0.3, 0.4) is 0 Å². The lowest BCUT2D eigenvalue weighted by molar-refractivity contribution is 0.103. The topological polar surface area (TPSA) is 26.7 Å². The Kier molecular flexibility index (Phi) is 4.00. The number of likely N-dealkylation sites (N-methyl/N-ethyl adjacent to an activating group) is 1. The highest BCUT2D eigenvalue weighted by atomic mass is 16.3. The molecule has 1 N–H and O–H groups in total. The van der Waals surface area contributed by atoms with Crippen LogP contribution in [0, 0.1) is 5.92 Å². The van der Waals surface area contributed by atoms with Crippen LogP contribution in [0.15, 0.2) is 0 Å². The minimum Gasteiger partial charge on any atom is -0.393 e. The Balaban J connectivity index is 1.78. The van der Waals surface area contributed by atoms with E-state index in [1.807, 2.05) is 0 Å². The second-order valence-electron chi connectivity index (χ2n) is 5.22. The van der Waals surface area contributed by atoms with Gasteiger partial charge in [0.2, 0.25) is 0 Å². The third-order valence-electron chi connectivity index (χ3n) is 3.92. The van der Waals surface area contributed by atoms with E-state index < -0.39 is 0 Å². The predicted octanol–water partition coefficient (Wildman–Crippen LogP) is 0.785. The molecule has 3 heteroatoms. The second-order valence-corrected chi connectivity index (χ2v) is 5.22. The Bertz CT molecular complexity index is 198. The molecule has 1 heterocycles. The molecule has 0 radical (unpaired) electrons. The van der Waals surface area contributed by atoms with Crippen molar-refractivity contribution in [2.24, 2.45) is 5.92 Å². The Labute approximate surface area is 93.1 Å². The third kappa shape index (κ3) is 3.16. The van der Waals surface area contributed by atoms with Gasteiger partial charge in [0.15, 0.2) is 0 Å². The monoisotopic (exact) mass is 212 g/mol. The highest BCUT2D eigenvalue weighted by Gasteiger charge is 2.27. The highest BCUT2D eigenvalue weighted by Crippen LogP contribution is 2.26. The normalized spacial score (nSPS) is 35.6. The molecular formula is C12H24N2O. The van der Waals surface area contributed by atoms with Crippen LogP contribution < -0.4 is 0 Å². The summed E-state index contributed by atoms with van der Waals surface area (Å²) >= 11 is 0. The Morgan fingerprint density at radius 2 is 1.93 bits per heavy atom. The van der Waals surface area contributed by atoms with E-state index in [1.54, 1.807) is 0 Å². The van der Waals surface area contributed by atoms with Crippen molar-refractivity contribution < 1.29 is 5.11 Å². The third-order valence-corrected chi connectivity index (χ3v) is 3.92. The Hall–Kier alpha value is -0.120. The molecular weight excluding hydrogens is 188 g/mol. The minimum atomic E-state index is -0.0222. The summed E-state index contributed by atoms with van der Waals surface area (Å²) in [5, 5.41) is 9.80. The molecule has 88 valence electrons. The Morgan fingerprint density at radius 3 is 2.67 bits per heavy atom. The van der Waals surface area contributed by atoms with Crippen molar-refractivity contribution in [3.63, 3.8) is 0 Å². The van der Waals surface area contributed by atoms with Gasteiger partial charge in [-0.2, -0.15) is 0 Å². The molecule has 0 aromatic rings. The van der Waals surface area contributed by atoms with Crippen LogP contribution in [0.2, 0.25) is 0 Å². The number of rotatable bonds is 2. The van der Waals surface area contributed by atoms with Crippen LogP contribution in [0.4, 0.5) is 0 Å². The van der Waals surface area contributed by atoms with E-state index in [4.69, 9.17) is 0 Å². The summed E-state index contributed by atoms with van der Waals surface area (Å²) in [5.41, 5.74) is 0. The molecule has 0 bridgehead atoms. The maximum Gasteiger partial charge on any atom is 0.0580 e. The number of nitrogens with zero attached hydrogens (tertiary/aromatic N) is 2. The van der Waals surface area contributed by atoms with E-state index in [-0.39, 0.29) is 6.10 Å². The van der Waals surface area contributed by atoms with Crippen molar-refractivity contribution in [2.45, 2.75) is 31.8 Å². The largest absolute Gasteiger partial charge is 0.393 e. The van der Waals surface area contributed by atoms with Gasteiger partial charge in [0.05, 0.1) is 6.10 Å². The second kappa shape index (κ2) is 5.28. The SMILES string of the molecule is CN1CCCN(CC2CCCC2O)CC1. The lowest BCUT2D eigenvalue weighted by Crippen LogP contribution is -2.35. The van der Waals surface area contributed by atoms with Gasteiger partial charge in [-0.1, -0.05) is 6.42 Å². The summed E-state index contributed by atoms with van der Waals surface area (Å²) in [6.45, 7) is 5.93. The maximum atomic E-state index is 9.80. The summed E-state index contributed by atoms with van der Waals surface area (Å²) in [7, 11) is 2.20. The van der Waals surface area contributed by atoms with Crippen LogP contribution in [-0.2, 0) is 0 Å². The molecule has 2 unspecified atom stereocenters. The smallest absolute Gasteiger partial charge is 0.0580 e. The van der Waals surface area contributed by atoms with Crippen LogP contribution in [-0.4, -0.2) is 60.8 Å². The van der Waals surface area contributed by atoms with Crippen molar-refractivity contribution in [3.8, 4) is 0 Å². The first-order valence-corrected chi connectivity index (χ1v) is 6.34. The molecule has 2 atom stereocenters. The predicted molar refractivity (Wildman–Crippen MR) is 61.9 cm³/mol. The molecule has 2 rings (SSSR count). The van der Waals surface area contributed by atoms with Gasteiger partial charge in [-0.05, 0) is 45.3 Å². The van der Waals surface area contributed by atoms with E-state index in [9.17, 15) is 5.11 Å². The van der Waals surface area contributed by atoms with Gasteiger partial charge in [-0.3, -0.25) is 0 Å². The van der Waals surface area contributed by atoms with Gasteiger partial charge in [-0.25, -0.2) is 0 Å². The van der Waals surface area contributed by atoms with Crippen molar-refractivity contribution in [1.29, 1.82) is 0 Å².